The summed E-state index contributed by atoms with van der Waals surface area (Å²) in [4.78, 5) is 24.6. The Bertz CT molecular complexity index is 607. The lowest BCUT2D eigenvalue weighted by molar-refractivity contribution is -0.140. The molecule has 1 aromatic carbocycles. The molecule has 0 N–H and O–H groups in total. The van der Waals surface area contributed by atoms with Gasteiger partial charge in [-0.25, -0.2) is 8.42 Å². The van der Waals surface area contributed by atoms with Crippen molar-refractivity contribution < 1.29 is 22.7 Å². The Morgan fingerprint density at radius 1 is 1.19 bits per heavy atom. The quantitative estimate of drug-likeness (QED) is 0.728. The smallest absolute Gasteiger partial charge is 0.307 e. The molecule has 6 nitrogen and oxygen atoms in total. The number of nitrogens with zero attached hydrogens (tertiary/aromatic N) is 1. The van der Waals surface area contributed by atoms with Crippen molar-refractivity contribution in [3.05, 3.63) is 35.4 Å². The van der Waals surface area contributed by atoms with E-state index in [9.17, 15) is 18.0 Å². The highest BCUT2D eigenvalue weighted by molar-refractivity contribution is 7.89. The fourth-order valence-electron chi connectivity index (χ4n) is 1.73. The minimum absolute atomic E-state index is 0.0559. The lowest BCUT2D eigenvalue weighted by Gasteiger charge is -2.16. The first-order valence-electron chi connectivity index (χ1n) is 6.32. The monoisotopic (exact) mass is 313 g/mol. The molecule has 0 bridgehead atoms. The molecular weight excluding hydrogens is 294 g/mol. The van der Waals surface area contributed by atoms with Gasteiger partial charge in [-0.3, -0.25) is 9.59 Å². The van der Waals surface area contributed by atoms with Gasteiger partial charge < -0.3 is 9.64 Å². The topological polar surface area (TPSA) is 80.8 Å². The van der Waals surface area contributed by atoms with Gasteiger partial charge in [0, 0.05) is 25.4 Å². The van der Waals surface area contributed by atoms with Crippen LogP contribution in [-0.2, 0) is 25.1 Å². The molecule has 0 fully saturated rings. The third-order valence-electron chi connectivity index (χ3n) is 2.86. The van der Waals surface area contributed by atoms with E-state index >= 15 is 0 Å². The first-order chi connectivity index (χ1) is 9.73. The summed E-state index contributed by atoms with van der Waals surface area (Å²) in [5.74, 6) is -0.664. The van der Waals surface area contributed by atoms with Gasteiger partial charge in [0.2, 0.25) is 0 Å². The second-order valence-electron chi connectivity index (χ2n) is 4.82. The number of benzene rings is 1. The van der Waals surface area contributed by atoms with Crippen molar-refractivity contribution in [3.63, 3.8) is 0 Å². The first-order valence-corrected chi connectivity index (χ1v) is 8.38. The van der Waals surface area contributed by atoms with Gasteiger partial charge in [-0.05, 0) is 17.7 Å². The molecule has 116 valence electrons. The summed E-state index contributed by atoms with van der Waals surface area (Å²) >= 11 is 0. The van der Waals surface area contributed by atoms with Crippen LogP contribution < -0.4 is 0 Å². The van der Waals surface area contributed by atoms with Crippen molar-refractivity contribution in [2.45, 2.75) is 12.2 Å². The van der Waals surface area contributed by atoms with Crippen molar-refractivity contribution in [3.8, 4) is 0 Å². The Balaban J connectivity index is 2.68. The van der Waals surface area contributed by atoms with Crippen molar-refractivity contribution in [1.29, 1.82) is 0 Å². The summed E-state index contributed by atoms with van der Waals surface area (Å²) in [7, 11) is -0.205. The number of carbonyl (C=O) groups is 2. The maximum Gasteiger partial charge on any atom is 0.307 e. The van der Waals surface area contributed by atoms with E-state index in [0.29, 0.717) is 11.1 Å². The standard InChI is InChI=1S/C14H19NO5S/c1-15(9-8-13(16)20-2)14(17)12-6-4-11(5-7-12)10-21(3,18)19/h4-7H,8-10H2,1-3H3. The minimum Gasteiger partial charge on any atom is -0.469 e. The van der Waals surface area contributed by atoms with Gasteiger partial charge in [0.1, 0.15) is 0 Å². The maximum atomic E-state index is 12.1. The van der Waals surface area contributed by atoms with Crippen LogP contribution in [0.25, 0.3) is 0 Å². The fraction of sp³-hybridized carbons (Fsp3) is 0.429. The molecule has 0 spiro atoms. The van der Waals surface area contributed by atoms with Crippen LogP contribution in [0, 0.1) is 0 Å². The number of amides is 1. The molecule has 0 aliphatic heterocycles. The molecule has 0 unspecified atom stereocenters. The minimum atomic E-state index is -3.09. The van der Waals surface area contributed by atoms with Gasteiger partial charge in [-0.2, -0.15) is 0 Å². The molecule has 0 saturated heterocycles. The molecule has 1 amide bonds. The van der Waals surface area contributed by atoms with E-state index in [0.717, 1.165) is 6.26 Å². The third-order valence-corrected chi connectivity index (χ3v) is 3.71. The Morgan fingerprint density at radius 3 is 2.24 bits per heavy atom. The number of methoxy groups -OCH3 is 1. The number of sulfone groups is 1. The summed E-state index contributed by atoms with van der Waals surface area (Å²) in [6, 6.07) is 6.39. The molecule has 0 aliphatic carbocycles. The largest absolute Gasteiger partial charge is 0.469 e. The summed E-state index contributed by atoms with van der Waals surface area (Å²) < 4.78 is 26.9. The third kappa shape index (κ3) is 5.95. The molecule has 0 aliphatic rings. The Hall–Kier alpha value is -1.89. The lowest BCUT2D eigenvalue weighted by Crippen LogP contribution is -2.29. The van der Waals surface area contributed by atoms with Gasteiger partial charge in [0.05, 0.1) is 19.3 Å². The number of rotatable bonds is 6. The molecular formula is C14H19NO5S. The molecule has 0 aromatic heterocycles. The highest BCUT2D eigenvalue weighted by atomic mass is 32.2. The molecule has 0 atom stereocenters. The Labute approximate surface area is 124 Å². The summed E-state index contributed by atoms with van der Waals surface area (Å²) in [6.07, 6.45) is 1.29. The maximum absolute atomic E-state index is 12.1. The van der Waals surface area contributed by atoms with E-state index < -0.39 is 9.84 Å². The van der Waals surface area contributed by atoms with Crippen molar-refractivity contribution in [2.24, 2.45) is 0 Å². The van der Waals surface area contributed by atoms with E-state index in [1.165, 1.54) is 12.0 Å². The number of carbonyl (C=O) groups excluding carboxylic acids is 2. The van der Waals surface area contributed by atoms with Crippen molar-refractivity contribution >= 4 is 21.7 Å². The Kier molecular flexibility index (Phi) is 5.90. The zero-order valence-electron chi connectivity index (χ0n) is 12.3. The van der Waals surface area contributed by atoms with Crippen molar-refractivity contribution in [1.82, 2.24) is 4.90 Å². The SMILES string of the molecule is COC(=O)CCN(C)C(=O)c1ccc(CS(C)(=O)=O)cc1. The van der Waals surface area contributed by atoms with Gasteiger partial charge in [0.15, 0.2) is 9.84 Å². The fourth-order valence-corrected chi connectivity index (χ4v) is 2.53. The van der Waals surface area contributed by atoms with Crippen LogP contribution in [0.4, 0.5) is 0 Å². The zero-order chi connectivity index (χ0) is 16.0. The lowest BCUT2D eigenvalue weighted by atomic mass is 10.1. The zero-order valence-corrected chi connectivity index (χ0v) is 13.1. The van der Waals surface area contributed by atoms with E-state index in [1.807, 2.05) is 0 Å². The molecule has 1 aromatic rings. The summed E-state index contributed by atoms with van der Waals surface area (Å²) in [5.41, 5.74) is 1.07. The van der Waals surface area contributed by atoms with Crippen LogP contribution in [0.1, 0.15) is 22.3 Å². The number of hydrogen-bond acceptors (Lipinski definition) is 5. The normalized spacial score (nSPS) is 11.0. The molecule has 7 heteroatoms. The molecule has 1 rings (SSSR count). The van der Waals surface area contributed by atoms with Crippen LogP contribution in [0.5, 0.6) is 0 Å². The van der Waals surface area contributed by atoms with E-state index in [4.69, 9.17) is 0 Å². The van der Waals surface area contributed by atoms with Gasteiger partial charge in [-0.15, -0.1) is 0 Å². The molecule has 0 saturated carbocycles. The van der Waals surface area contributed by atoms with E-state index in [2.05, 4.69) is 4.74 Å². The average Bonchev–Trinajstić information content (AvgIpc) is 2.42. The highest BCUT2D eigenvalue weighted by Crippen LogP contribution is 2.10. The van der Waals surface area contributed by atoms with Crippen LogP contribution in [-0.4, -0.2) is 52.2 Å². The molecule has 0 heterocycles. The molecule has 0 radical (unpaired) electrons. The summed E-state index contributed by atoms with van der Waals surface area (Å²) in [6.45, 7) is 0.261. The predicted molar refractivity (Wildman–Crippen MR) is 78.6 cm³/mol. The number of hydrogen-bond donors (Lipinski definition) is 0. The molecule has 21 heavy (non-hydrogen) atoms. The van der Waals surface area contributed by atoms with Gasteiger partial charge >= 0.3 is 5.97 Å². The average molecular weight is 313 g/mol. The highest BCUT2D eigenvalue weighted by Gasteiger charge is 2.13. The van der Waals surface area contributed by atoms with Crippen LogP contribution in [0.3, 0.4) is 0 Å². The van der Waals surface area contributed by atoms with Crippen molar-refractivity contribution in [2.75, 3.05) is 27.0 Å². The summed E-state index contributed by atoms with van der Waals surface area (Å²) in [5, 5.41) is 0. The van der Waals surface area contributed by atoms with Crippen LogP contribution in [0.15, 0.2) is 24.3 Å². The van der Waals surface area contributed by atoms with Crippen LogP contribution in [0.2, 0.25) is 0 Å². The number of ether oxygens (including phenoxy) is 1. The van der Waals surface area contributed by atoms with Gasteiger partial charge in [0.25, 0.3) is 5.91 Å². The van der Waals surface area contributed by atoms with E-state index in [1.54, 1.807) is 31.3 Å². The predicted octanol–water partition coefficient (Wildman–Crippen LogP) is 0.866. The van der Waals surface area contributed by atoms with Gasteiger partial charge in [-0.1, -0.05) is 12.1 Å². The second-order valence-corrected chi connectivity index (χ2v) is 6.96. The number of esters is 1. The Morgan fingerprint density at radius 2 is 1.76 bits per heavy atom. The second kappa shape index (κ2) is 7.21. The van der Waals surface area contributed by atoms with E-state index in [-0.39, 0.29) is 30.6 Å². The van der Waals surface area contributed by atoms with Crippen LogP contribution >= 0.6 is 0 Å². The first kappa shape index (κ1) is 17.2.